The lowest BCUT2D eigenvalue weighted by atomic mass is 10.1. The maximum atomic E-state index is 10.9. The Bertz CT molecular complexity index is 375. The number of aryl methyl sites for hydroxylation is 1. The Balaban J connectivity index is 2.51. The molecule has 0 aliphatic rings. The molecular weight excluding hydrogens is 242 g/mol. The number of aliphatic carboxylic acids is 1. The van der Waals surface area contributed by atoms with Crippen molar-refractivity contribution < 1.29 is 15.0 Å². The molecule has 4 nitrogen and oxygen atoms in total. The summed E-state index contributed by atoms with van der Waals surface area (Å²) in [7, 11) is 0. The van der Waals surface area contributed by atoms with Crippen molar-refractivity contribution in [2.24, 2.45) is 0 Å². The molecule has 0 aliphatic heterocycles. The number of carboxylic acid groups (broad SMARTS) is 1. The highest BCUT2D eigenvalue weighted by molar-refractivity contribution is 5.73. The van der Waals surface area contributed by atoms with Crippen molar-refractivity contribution in [1.29, 1.82) is 0 Å². The third-order valence-corrected chi connectivity index (χ3v) is 3.06. The molecule has 4 heteroatoms. The molecule has 0 atom stereocenters. The summed E-state index contributed by atoms with van der Waals surface area (Å²) in [5.41, 5.74) is 2.12. The van der Waals surface area contributed by atoms with Crippen LogP contribution in [0.1, 0.15) is 31.2 Å². The zero-order valence-corrected chi connectivity index (χ0v) is 11.5. The van der Waals surface area contributed by atoms with Crippen LogP contribution < -0.4 is 4.90 Å². The number of benzene rings is 1. The van der Waals surface area contributed by atoms with Crippen LogP contribution in [0.25, 0.3) is 0 Å². The summed E-state index contributed by atoms with van der Waals surface area (Å²) in [6, 6.07) is 7.92. The van der Waals surface area contributed by atoms with Crippen LogP contribution in [0.2, 0.25) is 0 Å². The summed E-state index contributed by atoms with van der Waals surface area (Å²) in [4.78, 5) is 12.8. The molecule has 0 amide bonds. The van der Waals surface area contributed by atoms with Gasteiger partial charge in [0.2, 0.25) is 0 Å². The molecule has 0 bridgehead atoms. The van der Waals surface area contributed by atoms with E-state index in [1.807, 2.05) is 36.1 Å². The van der Waals surface area contributed by atoms with Crippen molar-refractivity contribution in [3.05, 3.63) is 29.8 Å². The minimum Gasteiger partial charge on any atom is -0.480 e. The average Bonchev–Trinajstić information content (AvgIpc) is 2.38. The summed E-state index contributed by atoms with van der Waals surface area (Å²) >= 11 is 0. The van der Waals surface area contributed by atoms with E-state index in [0.29, 0.717) is 0 Å². The first-order valence-corrected chi connectivity index (χ1v) is 6.77. The Morgan fingerprint density at radius 2 is 1.74 bits per heavy atom. The van der Waals surface area contributed by atoms with Gasteiger partial charge in [-0.2, -0.15) is 0 Å². The monoisotopic (exact) mass is 265 g/mol. The summed E-state index contributed by atoms with van der Waals surface area (Å²) in [6.07, 6.45) is 3.78. The number of aliphatic hydroxyl groups excluding tert-OH is 1. The summed E-state index contributed by atoms with van der Waals surface area (Å²) in [6.45, 7) is 3.01. The van der Waals surface area contributed by atoms with E-state index in [1.54, 1.807) is 0 Å². The molecule has 0 heterocycles. The fraction of sp³-hybridized carbons (Fsp3) is 0.533. The Kier molecular flexibility index (Phi) is 6.97. The molecule has 0 aromatic heterocycles. The molecule has 0 radical (unpaired) electrons. The van der Waals surface area contributed by atoms with Gasteiger partial charge >= 0.3 is 5.97 Å². The number of hydrogen-bond acceptors (Lipinski definition) is 3. The minimum absolute atomic E-state index is 0.0308. The van der Waals surface area contributed by atoms with Crippen molar-refractivity contribution in [2.75, 3.05) is 24.6 Å². The van der Waals surface area contributed by atoms with Gasteiger partial charge in [-0.3, -0.25) is 4.79 Å². The lowest BCUT2D eigenvalue weighted by Crippen LogP contribution is -2.30. The van der Waals surface area contributed by atoms with Crippen molar-refractivity contribution in [2.45, 2.75) is 32.6 Å². The topological polar surface area (TPSA) is 60.8 Å². The SMILES string of the molecule is Cc1ccc(N(CCCCCCO)CC(=O)O)cc1. The third kappa shape index (κ3) is 6.25. The maximum absolute atomic E-state index is 10.9. The average molecular weight is 265 g/mol. The van der Waals surface area contributed by atoms with Gasteiger partial charge in [-0.25, -0.2) is 0 Å². The zero-order chi connectivity index (χ0) is 14.1. The molecule has 106 valence electrons. The second kappa shape index (κ2) is 8.53. The smallest absolute Gasteiger partial charge is 0.323 e. The highest BCUT2D eigenvalue weighted by Gasteiger charge is 2.10. The number of carboxylic acids is 1. The Morgan fingerprint density at radius 1 is 1.11 bits per heavy atom. The number of nitrogens with zero attached hydrogens (tertiary/aromatic N) is 1. The van der Waals surface area contributed by atoms with E-state index in [-0.39, 0.29) is 13.2 Å². The Morgan fingerprint density at radius 3 is 2.32 bits per heavy atom. The largest absolute Gasteiger partial charge is 0.480 e. The molecule has 0 saturated heterocycles. The van der Waals surface area contributed by atoms with Crippen LogP contribution in [-0.4, -0.2) is 35.9 Å². The number of unbranched alkanes of at least 4 members (excludes halogenated alkanes) is 3. The highest BCUT2D eigenvalue weighted by Crippen LogP contribution is 2.16. The van der Waals surface area contributed by atoms with Gasteiger partial charge in [-0.05, 0) is 31.9 Å². The molecule has 19 heavy (non-hydrogen) atoms. The van der Waals surface area contributed by atoms with Gasteiger partial charge in [-0.15, -0.1) is 0 Å². The van der Waals surface area contributed by atoms with Gasteiger partial charge in [0.15, 0.2) is 0 Å². The molecule has 0 spiro atoms. The van der Waals surface area contributed by atoms with Crippen LogP contribution in [0.4, 0.5) is 5.69 Å². The molecule has 0 unspecified atom stereocenters. The normalized spacial score (nSPS) is 10.4. The van der Waals surface area contributed by atoms with Crippen LogP contribution in [0.15, 0.2) is 24.3 Å². The lowest BCUT2D eigenvalue weighted by Gasteiger charge is -2.23. The predicted molar refractivity (Wildman–Crippen MR) is 76.6 cm³/mol. The quantitative estimate of drug-likeness (QED) is 0.673. The van der Waals surface area contributed by atoms with E-state index in [9.17, 15) is 4.79 Å². The Hall–Kier alpha value is -1.55. The predicted octanol–water partition coefficient (Wildman–Crippen LogP) is 2.44. The van der Waals surface area contributed by atoms with Crippen molar-refractivity contribution >= 4 is 11.7 Å². The molecule has 1 aromatic rings. The maximum Gasteiger partial charge on any atom is 0.323 e. The summed E-state index contributed by atoms with van der Waals surface area (Å²) in [5, 5.41) is 17.7. The van der Waals surface area contributed by atoms with Crippen molar-refractivity contribution in [3.63, 3.8) is 0 Å². The van der Waals surface area contributed by atoms with Crippen LogP contribution >= 0.6 is 0 Å². The van der Waals surface area contributed by atoms with Crippen LogP contribution in [0.5, 0.6) is 0 Å². The standard InChI is InChI=1S/C15H23NO3/c1-13-6-8-14(9-7-13)16(12-15(18)19)10-4-2-3-5-11-17/h6-9,17H,2-5,10-12H2,1H3,(H,18,19). The van der Waals surface area contributed by atoms with Gasteiger partial charge in [-0.1, -0.05) is 30.5 Å². The Labute approximate surface area is 114 Å². The minimum atomic E-state index is -0.809. The fourth-order valence-corrected chi connectivity index (χ4v) is 1.99. The molecule has 0 aliphatic carbocycles. The van der Waals surface area contributed by atoms with Crippen molar-refractivity contribution in [1.82, 2.24) is 0 Å². The van der Waals surface area contributed by atoms with Crippen molar-refractivity contribution in [3.8, 4) is 0 Å². The summed E-state index contributed by atoms with van der Waals surface area (Å²) in [5.74, 6) is -0.809. The van der Waals surface area contributed by atoms with E-state index < -0.39 is 5.97 Å². The third-order valence-electron chi connectivity index (χ3n) is 3.06. The van der Waals surface area contributed by atoms with Gasteiger partial charge in [0.05, 0.1) is 0 Å². The first kappa shape index (κ1) is 15.5. The van der Waals surface area contributed by atoms with E-state index in [0.717, 1.165) is 37.9 Å². The van der Waals surface area contributed by atoms with Gasteiger partial charge in [0.1, 0.15) is 6.54 Å². The second-order valence-corrected chi connectivity index (χ2v) is 4.79. The molecule has 2 N–H and O–H groups in total. The van der Waals surface area contributed by atoms with Crippen LogP contribution in [0.3, 0.4) is 0 Å². The van der Waals surface area contributed by atoms with Gasteiger partial charge < -0.3 is 15.1 Å². The number of carbonyl (C=O) groups is 1. The van der Waals surface area contributed by atoms with Gasteiger partial charge in [0, 0.05) is 18.8 Å². The molecular formula is C15H23NO3. The fourth-order valence-electron chi connectivity index (χ4n) is 1.99. The van der Waals surface area contributed by atoms with E-state index >= 15 is 0 Å². The lowest BCUT2D eigenvalue weighted by molar-refractivity contribution is -0.135. The zero-order valence-electron chi connectivity index (χ0n) is 11.5. The number of rotatable bonds is 9. The highest BCUT2D eigenvalue weighted by atomic mass is 16.4. The molecule has 0 fully saturated rings. The summed E-state index contributed by atoms with van der Waals surface area (Å²) < 4.78 is 0. The molecule has 1 rings (SSSR count). The number of aliphatic hydroxyl groups is 1. The first-order chi connectivity index (χ1) is 9.13. The van der Waals surface area contributed by atoms with E-state index in [1.165, 1.54) is 5.56 Å². The first-order valence-electron chi connectivity index (χ1n) is 6.77. The second-order valence-electron chi connectivity index (χ2n) is 4.79. The number of hydrogen-bond donors (Lipinski definition) is 2. The molecule has 1 aromatic carbocycles. The van der Waals surface area contributed by atoms with E-state index in [4.69, 9.17) is 10.2 Å². The van der Waals surface area contributed by atoms with E-state index in [2.05, 4.69) is 0 Å². The van der Waals surface area contributed by atoms with Crippen LogP contribution in [0, 0.1) is 6.92 Å². The molecule has 0 saturated carbocycles. The van der Waals surface area contributed by atoms with Gasteiger partial charge in [0.25, 0.3) is 0 Å². The number of anilines is 1. The van der Waals surface area contributed by atoms with Crippen LogP contribution in [-0.2, 0) is 4.79 Å².